The van der Waals surface area contributed by atoms with Gasteiger partial charge in [0.2, 0.25) is 0 Å². The second-order valence-corrected chi connectivity index (χ2v) is 5.15. The van der Waals surface area contributed by atoms with E-state index in [4.69, 9.17) is 9.47 Å². The van der Waals surface area contributed by atoms with Crippen LogP contribution in [-0.4, -0.2) is 43.3 Å². The van der Waals surface area contributed by atoms with Crippen LogP contribution in [0.2, 0.25) is 0 Å². The minimum atomic E-state index is -0.576. The third kappa shape index (κ3) is 5.77. The number of hydrazine groups is 1. The van der Waals surface area contributed by atoms with Gasteiger partial charge in [0.1, 0.15) is 13.2 Å². The second kappa shape index (κ2) is 9.36. The van der Waals surface area contributed by atoms with Crippen molar-refractivity contribution in [3.63, 3.8) is 0 Å². The largest absolute Gasteiger partial charge is 0.445 e. The Morgan fingerprint density at radius 2 is 2.04 bits per heavy atom. The van der Waals surface area contributed by atoms with Gasteiger partial charge in [0.25, 0.3) is 0 Å². The van der Waals surface area contributed by atoms with Crippen molar-refractivity contribution in [3.05, 3.63) is 60.2 Å². The van der Waals surface area contributed by atoms with Gasteiger partial charge in [-0.2, -0.15) is 0 Å². The van der Waals surface area contributed by atoms with Gasteiger partial charge in [-0.25, -0.2) is 15.0 Å². The highest BCUT2D eigenvalue weighted by Gasteiger charge is 2.20. The van der Waals surface area contributed by atoms with Gasteiger partial charge in [-0.3, -0.25) is 5.43 Å². The van der Waals surface area contributed by atoms with Gasteiger partial charge < -0.3 is 14.4 Å². The molecule has 2 N–H and O–H groups in total. The standard InChI is InChI=1S/C17H21N3O4/c1-2-10-23-16(21)19-18-11-15-8-9-20(12-15)17(22)24-13-14-6-4-3-5-7-14/h2-8,18H,1,9-13H2,(H,19,21). The van der Waals surface area contributed by atoms with Gasteiger partial charge >= 0.3 is 12.2 Å². The van der Waals surface area contributed by atoms with Crippen LogP contribution in [-0.2, 0) is 16.1 Å². The quantitative estimate of drug-likeness (QED) is 0.590. The van der Waals surface area contributed by atoms with E-state index in [9.17, 15) is 9.59 Å². The highest BCUT2D eigenvalue weighted by atomic mass is 16.6. The summed E-state index contributed by atoms with van der Waals surface area (Å²) in [6.07, 6.45) is 2.47. The van der Waals surface area contributed by atoms with Crippen molar-refractivity contribution >= 4 is 12.2 Å². The third-order valence-electron chi connectivity index (χ3n) is 3.30. The fourth-order valence-corrected chi connectivity index (χ4v) is 2.09. The van der Waals surface area contributed by atoms with Gasteiger partial charge in [0.05, 0.1) is 0 Å². The van der Waals surface area contributed by atoms with Crippen LogP contribution in [0.5, 0.6) is 0 Å². The van der Waals surface area contributed by atoms with E-state index in [0.717, 1.165) is 11.1 Å². The molecular formula is C17H21N3O4. The van der Waals surface area contributed by atoms with Crippen molar-refractivity contribution in [2.75, 3.05) is 26.2 Å². The van der Waals surface area contributed by atoms with Crippen molar-refractivity contribution < 1.29 is 19.1 Å². The van der Waals surface area contributed by atoms with Crippen LogP contribution < -0.4 is 10.9 Å². The van der Waals surface area contributed by atoms with Crippen LogP contribution in [0.25, 0.3) is 0 Å². The molecule has 0 atom stereocenters. The molecule has 7 heteroatoms. The maximum atomic E-state index is 12.0. The summed E-state index contributed by atoms with van der Waals surface area (Å²) < 4.78 is 10.0. The van der Waals surface area contributed by atoms with Crippen molar-refractivity contribution in [2.24, 2.45) is 0 Å². The second-order valence-electron chi connectivity index (χ2n) is 5.15. The van der Waals surface area contributed by atoms with Crippen molar-refractivity contribution in [3.8, 4) is 0 Å². The summed E-state index contributed by atoms with van der Waals surface area (Å²) in [7, 11) is 0. The minimum absolute atomic E-state index is 0.150. The molecule has 7 nitrogen and oxygen atoms in total. The lowest BCUT2D eigenvalue weighted by Gasteiger charge is -2.16. The molecule has 2 amide bonds. The molecule has 0 radical (unpaired) electrons. The Bertz CT molecular complexity index is 601. The first-order valence-corrected chi connectivity index (χ1v) is 7.59. The first-order valence-electron chi connectivity index (χ1n) is 7.59. The zero-order valence-corrected chi connectivity index (χ0v) is 13.4. The van der Waals surface area contributed by atoms with E-state index in [1.807, 2.05) is 36.4 Å². The van der Waals surface area contributed by atoms with Crippen LogP contribution in [0.15, 0.2) is 54.6 Å². The zero-order chi connectivity index (χ0) is 17.2. The number of benzene rings is 1. The Hall–Kier alpha value is -2.80. The molecule has 0 saturated carbocycles. The maximum absolute atomic E-state index is 12.0. The smallest absolute Gasteiger partial charge is 0.421 e. The van der Waals surface area contributed by atoms with Gasteiger partial charge in [0.15, 0.2) is 0 Å². The summed E-state index contributed by atoms with van der Waals surface area (Å²) >= 11 is 0. The average molecular weight is 331 g/mol. The summed E-state index contributed by atoms with van der Waals surface area (Å²) in [5.74, 6) is 0. The molecule has 0 aromatic heterocycles. The lowest BCUT2D eigenvalue weighted by atomic mass is 10.2. The molecular weight excluding hydrogens is 310 g/mol. The highest BCUT2D eigenvalue weighted by Crippen LogP contribution is 2.11. The Balaban J connectivity index is 1.63. The Morgan fingerprint density at radius 3 is 2.79 bits per heavy atom. The lowest BCUT2D eigenvalue weighted by Crippen LogP contribution is -2.39. The summed E-state index contributed by atoms with van der Waals surface area (Å²) in [6, 6.07) is 9.52. The molecule has 1 heterocycles. The molecule has 1 aliphatic heterocycles. The Morgan fingerprint density at radius 1 is 1.25 bits per heavy atom. The summed E-state index contributed by atoms with van der Waals surface area (Å²) in [6.45, 7) is 5.23. The molecule has 0 aliphatic carbocycles. The van der Waals surface area contributed by atoms with Crippen molar-refractivity contribution in [1.29, 1.82) is 0 Å². The van der Waals surface area contributed by atoms with Crippen LogP contribution >= 0.6 is 0 Å². The van der Waals surface area contributed by atoms with Crippen molar-refractivity contribution in [1.82, 2.24) is 15.8 Å². The monoisotopic (exact) mass is 331 g/mol. The molecule has 0 fully saturated rings. The van der Waals surface area contributed by atoms with Gasteiger partial charge in [0, 0.05) is 19.6 Å². The van der Waals surface area contributed by atoms with Crippen LogP contribution in [0.1, 0.15) is 5.56 Å². The van der Waals surface area contributed by atoms with Crippen molar-refractivity contribution in [2.45, 2.75) is 6.61 Å². The number of nitrogens with zero attached hydrogens (tertiary/aromatic N) is 1. The van der Waals surface area contributed by atoms with E-state index in [-0.39, 0.29) is 19.3 Å². The maximum Gasteiger partial charge on any atom is 0.421 e. The number of carbonyl (C=O) groups is 2. The summed E-state index contributed by atoms with van der Waals surface area (Å²) in [5.41, 5.74) is 7.08. The van der Waals surface area contributed by atoms with E-state index < -0.39 is 6.09 Å². The highest BCUT2D eigenvalue weighted by molar-refractivity contribution is 5.69. The number of nitrogens with one attached hydrogen (secondary N) is 2. The molecule has 0 bridgehead atoms. The number of hydrogen-bond acceptors (Lipinski definition) is 5. The van der Waals surface area contributed by atoms with E-state index in [0.29, 0.717) is 19.6 Å². The molecule has 0 unspecified atom stereocenters. The fourth-order valence-electron chi connectivity index (χ4n) is 2.09. The van der Waals surface area contributed by atoms with Gasteiger partial charge in [-0.15, -0.1) is 0 Å². The minimum Gasteiger partial charge on any atom is -0.445 e. The molecule has 2 rings (SSSR count). The van der Waals surface area contributed by atoms with E-state index in [2.05, 4.69) is 17.4 Å². The average Bonchev–Trinajstić information content (AvgIpc) is 3.08. The van der Waals surface area contributed by atoms with E-state index in [1.165, 1.54) is 6.08 Å². The van der Waals surface area contributed by atoms with E-state index >= 15 is 0 Å². The number of ether oxygens (including phenoxy) is 2. The summed E-state index contributed by atoms with van der Waals surface area (Å²) in [4.78, 5) is 24.8. The molecule has 1 aromatic rings. The fraction of sp³-hybridized carbons (Fsp3) is 0.294. The van der Waals surface area contributed by atoms with Crippen LogP contribution in [0.4, 0.5) is 9.59 Å². The predicted octanol–water partition coefficient (Wildman–Crippen LogP) is 1.98. The first-order chi connectivity index (χ1) is 11.7. The zero-order valence-electron chi connectivity index (χ0n) is 13.4. The SMILES string of the molecule is C=CCOC(=O)NNCC1=CCN(C(=O)OCc2ccccc2)C1. The molecule has 0 saturated heterocycles. The number of carbonyl (C=O) groups excluding carboxylic acids is 2. The number of amides is 2. The molecule has 1 aromatic carbocycles. The predicted molar refractivity (Wildman–Crippen MR) is 89.0 cm³/mol. The summed E-state index contributed by atoms with van der Waals surface area (Å²) in [5, 5.41) is 0. The molecule has 128 valence electrons. The molecule has 0 spiro atoms. The topological polar surface area (TPSA) is 79.9 Å². The lowest BCUT2D eigenvalue weighted by molar-refractivity contribution is 0.105. The van der Waals surface area contributed by atoms with Gasteiger partial charge in [-0.1, -0.05) is 49.1 Å². The van der Waals surface area contributed by atoms with Crippen LogP contribution in [0.3, 0.4) is 0 Å². The third-order valence-corrected chi connectivity index (χ3v) is 3.30. The van der Waals surface area contributed by atoms with E-state index in [1.54, 1.807) is 4.90 Å². The Kier molecular flexibility index (Phi) is 6.85. The molecule has 24 heavy (non-hydrogen) atoms. The van der Waals surface area contributed by atoms with Gasteiger partial charge in [-0.05, 0) is 11.1 Å². The normalized spacial score (nSPS) is 13.2. The first kappa shape index (κ1) is 17.6. The number of rotatable bonds is 7. The number of hydrogen-bond donors (Lipinski definition) is 2. The van der Waals surface area contributed by atoms with Crippen LogP contribution in [0, 0.1) is 0 Å². The Labute approximate surface area is 140 Å². The molecule has 1 aliphatic rings.